The van der Waals surface area contributed by atoms with E-state index in [9.17, 15) is 9.59 Å². The predicted molar refractivity (Wildman–Crippen MR) is 104 cm³/mol. The molecule has 3 heterocycles. The number of aryl methyl sites for hydroxylation is 1. The van der Waals surface area contributed by atoms with Gasteiger partial charge in [-0.05, 0) is 13.0 Å². The lowest BCUT2D eigenvalue weighted by Crippen LogP contribution is -2.42. The molecule has 3 aromatic rings. The molecule has 0 amide bonds. The van der Waals surface area contributed by atoms with Crippen LogP contribution in [0.4, 0.5) is 11.6 Å². The fourth-order valence-electron chi connectivity index (χ4n) is 3.79. The average molecular weight is 383 g/mol. The summed E-state index contributed by atoms with van der Waals surface area (Å²) >= 11 is 0. The van der Waals surface area contributed by atoms with Crippen LogP contribution >= 0.6 is 0 Å². The zero-order valence-electron chi connectivity index (χ0n) is 16.3. The molecule has 0 bridgehead atoms. The first-order valence-corrected chi connectivity index (χ1v) is 8.72. The topological polar surface area (TPSA) is 103 Å². The number of aromatic nitrogens is 4. The first-order valence-electron chi connectivity index (χ1n) is 8.72. The molecule has 0 fully saturated rings. The van der Waals surface area contributed by atoms with Crippen LogP contribution in [-0.2, 0) is 14.1 Å². The number of fused-ring (bicyclic) bond motifs is 2. The van der Waals surface area contributed by atoms with Crippen LogP contribution in [0.15, 0.2) is 27.8 Å². The van der Waals surface area contributed by atoms with Crippen LogP contribution in [-0.4, -0.2) is 33.6 Å². The average Bonchev–Trinajstić information content (AvgIpc) is 3.09. The highest BCUT2D eigenvalue weighted by Crippen LogP contribution is 2.46. The predicted octanol–water partition coefficient (Wildman–Crippen LogP) is 1.37. The number of aromatic amines is 1. The van der Waals surface area contributed by atoms with Gasteiger partial charge in [-0.2, -0.15) is 5.10 Å². The van der Waals surface area contributed by atoms with E-state index in [1.54, 1.807) is 27.3 Å². The van der Waals surface area contributed by atoms with E-state index in [1.165, 1.54) is 11.6 Å². The maximum absolute atomic E-state index is 13.1. The normalized spacial score (nSPS) is 14.8. The summed E-state index contributed by atoms with van der Waals surface area (Å²) in [6.07, 6.45) is 0. The molecule has 1 aromatic carbocycles. The number of anilines is 2. The summed E-state index contributed by atoms with van der Waals surface area (Å²) in [5.41, 5.74) is 2.14. The van der Waals surface area contributed by atoms with Gasteiger partial charge in [-0.15, -0.1) is 0 Å². The van der Waals surface area contributed by atoms with Crippen LogP contribution in [0.25, 0.3) is 0 Å². The Balaban J connectivity index is 2.11. The zero-order valence-corrected chi connectivity index (χ0v) is 16.3. The molecule has 0 aliphatic carbocycles. The van der Waals surface area contributed by atoms with Crippen molar-refractivity contribution >= 4 is 11.6 Å². The van der Waals surface area contributed by atoms with Gasteiger partial charge in [0.25, 0.3) is 5.56 Å². The molecule has 146 valence electrons. The minimum absolute atomic E-state index is 0.361. The Bertz CT molecular complexity index is 1200. The van der Waals surface area contributed by atoms with Crippen LogP contribution in [0.5, 0.6) is 11.5 Å². The summed E-state index contributed by atoms with van der Waals surface area (Å²) in [6, 6.07) is 5.47. The second kappa shape index (κ2) is 6.29. The second-order valence-electron chi connectivity index (χ2n) is 6.74. The van der Waals surface area contributed by atoms with Crippen molar-refractivity contribution < 1.29 is 9.47 Å². The number of hydrogen-bond donors (Lipinski definition) is 2. The van der Waals surface area contributed by atoms with Gasteiger partial charge in [0.05, 0.1) is 25.7 Å². The Labute approximate surface area is 160 Å². The van der Waals surface area contributed by atoms with Crippen LogP contribution in [0.2, 0.25) is 0 Å². The molecule has 0 saturated carbocycles. The van der Waals surface area contributed by atoms with Crippen LogP contribution < -0.4 is 26.0 Å². The number of hydrogen-bond acceptors (Lipinski definition) is 6. The molecule has 9 nitrogen and oxygen atoms in total. The summed E-state index contributed by atoms with van der Waals surface area (Å²) < 4.78 is 13.4. The lowest BCUT2D eigenvalue weighted by atomic mass is 9.83. The van der Waals surface area contributed by atoms with E-state index in [-0.39, 0.29) is 5.56 Å². The number of methoxy groups -OCH3 is 2. The van der Waals surface area contributed by atoms with E-state index in [0.717, 1.165) is 21.4 Å². The molecule has 1 aliphatic heterocycles. The molecule has 0 saturated heterocycles. The lowest BCUT2D eigenvalue weighted by Gasteiger charge is -2.29. The summed E-state index contributed by atoms with van der Waals surface area (Å²) in [5.74, 6) is 1.77. The van der Waals surface area contributed by atoms with Gasteiger partial charge < -0.3 is 14.8 Å². The minimum Gasteiger partial charge on any atom is -0.497 e. The van der Waals surface area contributed by atoms with E-state index in [1.807, 2.05) is 19.1 Å². The summed E-state index contributed by atoms with van der Waals surface area (Å²) in [6.45, 7) is 1.90. The van der Waals surface area contributed by atoms with Crippen molar-refractivity contribution in [3.63, 3.8) is 0 Å². The molecule has 1 aliphatic rings. The quantitative estimate of drug-likeness (QED) is 0.554. The molecule has 2 N–H and O–H groups in total. The number of rotatable bonds is 3. The Morgan fingerprint density at radius 3 is 2.50 bits per heavy atom. The summed E-state index contributed by atoms with van der Waals surface area (Å²) in [7, 11) is 6.26. The monoisotopic (exact) mass is 383 g/mol. The molecular weight excluding hydrogens is 362 g/mol. The molecular formula is C19H21N5O4. The molecule has 2 aromatic heterocycles. The van der Waals surface area contributed by atoms with Crippen molar-refractivity contribution in [1.82, 2.24) is 19.3 Å². The number of H-pyrrole nitrogens is 1. The Morgan fingerprint density at radius 2 is 1.82 bits per heavy atom. The third-order valence-corrected chi connectivity index (χ3v) is 5.26. The summed E-state index contributed by atoms with van der Waals surface area (Å²) in [4.78, 5) is 25.6. The van der Waals surface area contributed by atoms with Crippen molar-refractivity contribution in [2.75, 3.05) is 19.5 Å². The maximum Gasteiger partial charge on any atom is 0.332 e. The number of nitrogens with zero attached hydrogens (tertiary/aromatic N) is 3. The standard InChI is InChI=1S/C19H21N5O4/c1-9-13-14(11-7-6-10(27-4)8-12(11)28-5)15-17(20-16(13)22-21-9)23(2)19(26)24(3)18(15)25/h6-8,14H,1-5H3,(H2,20,21,22)/t14-/m0/s1. The summed E-state index contributed by atoms with van der Waals surface area (Å²) in [5, 5.41) is 10.4. The second-order valence-corrected chi connectivity index (χ2v) is 6.74. The van der Waals surface area contributed by atoms with Gasteiger partial charge >= 0.3 is 5.69 Å². The Kier molecular flexibility index (Phi) is 4.02. The van der Waals surface area contributed by atoms with Crippen molar-refractivity contribution in [1.29, 1.82) is 0 Å². The van der Waals surface area contributed by atoms with Crippen LogP contribution in [0.3, 0.4) is 0 Å². The highest BCUT2D eigenvalue weighted by Gasteiger charge is 2.37. The van der Waals surface area contributed by atoms with Crippen LogP contribution in [0.1, 0.15) is 28.3 Å². The van der Waals surface area contributed by atoms with E-state index >= 15 is 0 Å². The zero-order chi connectivity index (χ0) is 20.2. The number of ether oxygens (including phenoxy) is 2. The number of nitrogens with one attached hydrogen (secondary N) is 2. The van der Waals surface area contributed by atoms with Crippen molar-refractivity contribution in [2.45, 2.75) is 12.8 Å². The third-order valence-electron chi connectivity index (χ3n) is 5.26. The SMILES string of the molecule is COc1ccc([C@H]2c3c(n[nH]c3C)Nc3c2c(=O)n(C)c(=O)n3C)c(OC)c1. The highest BCUT2D eigenvalue weighted by atomic mass is 16.5. The van der Waals surface area contributed by atoms with E-state index in [2.05, 4.69) is 15.5 Å². The minimum atomic E-state index is -0.462. The van der Waals surface area contributed by atoms with Gasteiger partial charge in [0.15, 0.2) is 5.82 Å². The molecule has 9 heteroatoms. The van der Waals surface area contributed by atoms with Gasteiger partial charge in [-0.1, -0.05) is 6.07 Å². The lowest BCUT2D eigenvalue weighted by molar-refractivity contribution is 0.390. The van der Waals surface area contributed by atoms with Gasteiger partial charge in [0.1, 0.15) is 17.3 Å². The fraction of sp³-hybridized carbons (Fsp3) is 0.316. The van der Waals surface area contributed by atoms with Crippen molar-refractivity contribution in [2.24, 2.45) is 14.1 Å². The molecule has 0 spiro atoms. The largest absolute Gasteiger partial charge is 0.497 e. The number of benzene rings is 1. The Hall–Kier alpha value is -3.49. The third kappa shape index (κ3) is 2.35. The van der Waals surface area contributed by atoms with Crippen molar-refractivity contribution in [3.05, 3.63) is 61.4 Å². The van der Waals surface area contributed by atoms with Gasteiger partial charge in [-0.25, -0.2) is 4.79 Å². The van der Waals surface area contributed by atoms with E-state index < -0.39 is 11.6 Å². The van der Waals surface area contributed by atoms with Crippen LogP contribution in [0, 0.1) is 6.92 Å². The van der Waals surface area contributed by atoms with Gasteiger partial charge in [0.2, 0.25) is 0 Å². The smallest absolute Gasteiger partial charge is 0.332 e. The first kappa shape index (κ1) is 17.9. The van der Waals surface area contributed by atoms with Gasteiger partial charge in [0, 0.05) is 37.0 Å². The molecule has 4 rings (SSSR count). The first-order chi connectivity index (χ1) is 13.4. The molecule has 0 radical (unpaired) electrons. The maximum atomic E-state index is 13.1. The fourth-order valence-corrected chi connectivity index (χ4v) is 3.79. The van der Waals surface area contributed by atoms with E-state index in [4.69, 9.17) is 9.47 Å². The molecule has 28 heavy (non-hydrogen) atoms. The Morgan fingerprint density at radius 1 is 1.07 bits per heavy atom. The highest BCUT2D eigenvalue weighted by molar-refractivity contribution is 5.72. The molecule has 1 atom stereocenters. The van der Waals surface area contributed by atoms with Gasteiger partial charge in [-0.3, -0.25) is 19.0 Å². The van der Waals surface area contributed by atoms with E-state index in [0.29, 0.717) is 28.7 Å². The molecule has 0 unspecified atom stereocenters. The van der Waals surface area contributed by atoms with Crippen molar-refractivity contribution in [3.8, 4) is 11.5 Å².